The Kier molecular flexibility index (Phi) is 3.94. The van der Waals surface area contributed by atoms with Crippen LogP contribution in [0.4, 0.5) is 0 Å². The Labute approximate surface area is 167 Å². The summed E-state index contributed by atoms with van der Waals surface area (Å²) in [5.74, 6) is 0. The summed E-state index contributed by atoms with van der Waals surface area (Å²) >= 11 is 0. The van der Waals surface area contributed by atoms with Crippen molar-refractivity contribution in [3.63, 3.8) is 0 Å². The van der Waals surface area contributed by atoms with Crippen LogP contribution in [0, 0.1) is 13.8 Å². The highest BCUT2D eigenvalue weighted by atomic mass is 14.5. The Morgan fingerprint density at radius 3 is 1.61 bits per heavy atom. The third-order valence-electron chi connectivity index (χ3n) is 6.14. The maximum Gasteiger partial charge on any atom is 0.0503 e. The summed E-state index contributed by atoms with van der Waals surface area (Å²) in [5, 5.41) is 0. The molecule has 1 aliphatic rings. The highest BCUT2D eigenvalue weighted by Crippen LogP contribution is 2.54. The molecule has 136 valence electrons. The minimum Gasteiger partial charge on any atom is -0.0622 e. The molecule has 0 heteroatoms. The zero-order chi connectivity index (χ0) is 19.1. The fraction of sp³-hybridized carbons (Fsp3) is 0.143. The van der Waals surface area contributed by atoms with Gasteiger partial charge >= 0.3 is 0 Å². The van der Waals surface area contributed by atoms with Gasteiger partial charge in [0.1, 0.15) is 0 Å². The number of hydrogen-bond donors (Lipinski definition) is 0. The Bertz CT molecular complexity index is 1090. The molecule has 0 nitrogen and oxygen atoms in total. The zero-order valence-electron chi connectivity index (χ0n) is 16.4. The first kappa shape index (κ1) is 17.0. The normalized spacial score (nSPS) is 13.8. The number of fused-ring (bicyclic) bond motifs is 3. The zero-order valence-corrected chi connectivity index (χ0v) is 16.4. The van der Waals surface area contributed by atoms with Crippen molar-refractivity contribution in [1.29, 1.82) is 0 Å². The second kappa shape index (κ2) is 6.49. The molecule has 5 rings (SSSR count). The van der Waals surface area contributed by atoms with Crippen LogP contribution in [-0.2, 0) is 11.8 Å². The largest absolute Gasteiger partial charge is 0.0622 e. The van der Waals surface area contributed by atoms with Crippen molar-refractivity contribution in [3.8, 4) is 11.1 Å². The molecule has 0 aliphatic heterocycles. The second-order valence-corrected chi connectivity index (χ2v) is 8.03. The molecule has 0 saturated heterocycles. The maximum absolute atomic E-state index is 2.40. The van der Waals surface area contributed by atoms with Gasteiger partial charge in [-0.15, -0.1) is 0 Å². The molecule has 4 aromatic rings. The molecule has 0 bridgehead atoms. The summed E-state index contributed by atoms with van der Waals surface area (Å²) in [4.78, 5) is 0. The van der Waals surface area contributed by atoms with E-state index in [0.29, 0.717) is 0 Å². The molecular formula is C28H24. The van der Waals surface area contributed by atoms with Crippen LogP contribution >= 0.6 is 0 Å². The van der Waals surface area contributed by atoms with E-state index in [1.54, 1.807) is 0 Å². The molecule has 4 aromatic carbocycles. The number of hydrogen-bond acceptors (Lipinski definition) is 0. The van der Waals surface area contributed by atoms with Gasteiger partial charge in [-0.05, 0) is 53.6 Å². The lowest BCUT2D eigenvalue weighted by Crippen LogP contribution is -2.30. The first-order chi connectivity index (χ1) is 13.7. The molecule has 0 heterocycles. The fourth-order valence-electron chi connectivity index (χ4n) is 4.87. The summed E-state index contributed by atoms with van der Waals surface area (Å²) in [5.41, 5.74) is 10.8. The summed E-state index contributed by atoms with van der Waals surface area (Å²) < 4.78 is 0. The molecule has 0 saturated carbocycles. The van der Waals surface area contributed by atoms with Crippen LogP contribution in [0.2, 0.25) is 0 Å². The van der Waals surface area contributed by atoms with Gasteiger partial charge in [-0.3, -0.25) is 0 Å². The van der Waals surface area contributed by atoms with Crippen LogP contribution in [-0.4, -0.2) is 0 Å². The van der Waals surface area contributed by atoms with Gasteiger partial charge in [0, 0.05) is 0 Å². The monoisotopic (exact) mass is 360 g/mol. The molecule has 0 radical (unpaired) electrons. The third kappa shape index (κ3) is 2.52. The minimum absolute atomic E-state index is 0.161. The van der Waals surface area contributed by atoms with E-state index >= 15 is 0 Å². The van der Waals surface area contributed by atoms with E-state index < -0.39 is 0 Å². The molecule has 0 atom stereocenters. The lowest BCUT2D eigenvalue weighted by Gasteiger charge is -2.33. The Balaban J connectivity index is 1.88. The Morgan fingerprint density at radius 2 is 1.07 bits per heavy atom. The molecule has 0 aromatic heterocycles. The summed E-state index contributed by atoms with van der Waals surface area (Å²) in [7, 11) is 0. The molecule has 0 N–H and O–H groups in total. The van der Waals surface area contributed by atoms with Crippen LogP contribution in [0.1, 0.15) is 33.4 Å². The first-order valence-electron chi connectivity index (χ1n) is 10.0. The highest BCUT2D eigenvalue weighted by molar-refractivity contribution is 5.84. The summed E-state index contributed by atoms with van der Waals surface area (Å²) in [6, 6.07) is 35.9. The van der Waals surface area contributed by atoms with Gasteiger partial charge in [-0.2, -0.15) is 0 Å². The predicted molar refractivity (Wildman–Crippen MR) is 118 cm³/mol. The molecular weight excluding hydrogens is 336 g/mol. The van der Waals surface area contributed by atoms with Crippen molar-refractivity contribution in [2.75, 3.05) is 0 Å². The van der Waals surface area contributed by atoms with Gasteiger partial charge in [0.05, 0.1) is 5.41 Å². The van der Waals surface area contributed by atoms with Crippen molar-refractivity contribution in [1.82, 2.24) is 0 Å². The predicted octanol–water partition coefficient (Wildman–Crippen LogP) is 6.86. The van der Waals surface area contributed by atoms with E-state index in [1.807, 2.05) is 0 Å². The van der Waals surface area contributed by atoms with Crippen LogP contribution in [0.3, 0.4) is 0 Å². The van der Waals surface area contributed by atoms with E-state index in [9.17, 15) is 0 Å². The SMILES string of the molecule is Cc1ccc2c(c1)C(Cc1ccccc1)(c1ccccc1)c1cc(C)ccc1-2. The molecule has 0 fully saturated rings. The quantitative estimate of drug-likeness (QED) is 0.374. The maximum atomic E-state index is 2.40. The first-order valence-corrected chi connectivity index (χ1v) is 10.0. The van der Waals surface area contributed by atoms with E-state index in [4.69, 9.17) is 0 Å². The molecule has 0 unspecified atom stereocenters. The highest BCUT2D eigenvalue weighted by Gasteiger charge is 2.44. The standard InChI is InChI=1S/C28H24/c1-20-13-15-24-25-16-14-21(2)18-27(25)28(26(24)17-20,23-11-7-4-8-12-23)19-22-9-5-3-6-10-22/h3-18H,19H2,1-2H3. The second-order valence-electron chi connectivity index (χ2n) is 8.03. The van der Waals surface area contributed by atoms with Gasteiger partial charge < -0.3 is 0 Å². The number of rotatable bonds is 3. The smallest absolute Gasteiger partial charge is 0.0503 e. The van der Waals surface area contributed by atoms with Gasteiger partial charge in [0.2, 0.25) is 0 Å². The van der Waals surface area contributed by atoms with Gasteiger partial charge in [-0.25, -0.2) is 0 Å². The van der Waals surface area contributed by atoms with Crippen LogP contribution in [0.25, 0.3) is 11.1 Å². The topological polar surface area (TPSA) is 0 Å². The lowest BCUT2D eigenvalue weighted by molar-refractivity contribution is 0.628. The van der Waals surface area contributed by atoms with Crippen molar-refractivity contribution in [3.05, 3.63) is 130 Å². The fourth-order valence-corrected chi connectivity index (χ4v) is 4.87. The number of aryl methyl sites for hydroxylation is 2. The average molecular weight is 361 g/mol. The third-order valence-corrected chi connectivity index (χ3v) is 6.14. The molecule has 28 heavy (non-hydrogen) atoms. The van der Waals surface area contributed by atoms with E-state index in [0.717, 1.165) is 6.42 Å². The van der Waals surface area contributed by atoms with Crippen molar-refractivity contribution in [2.24, 2.45) is 0 Å². The summed E-state index contributed by atoms with van der Waals surface area (Å²) in [6.07, 6.45) is 0.963. The van der Waals surface area contributed by atoms with Crippen LogP contribution < -0.4 is 0 Å². The average Bonchev–Trinajstić information content (AvgIpc) is 2.99. The molecule has 0 spiro atoms. The summed E-state index contributed by atoms with van der Waals surface area (Å²) in [6.45, 7) is 4.40. The Morgan fingerprint density at radius 1 is 0.571 bits per heavy atom. The van der Waals surface area contributed by atoms with Gasteiger partial charge in [0.25, 0.3) is 0 Å². The minimum atomic E-state index is -0.161. The molecule has 1 aliphatic carbocycles. The van der Waals surface area contributed by atoms with Crippen LogP contribution in [0.5, 0.6) is 0 Å². The number of benzene rings is 4. The van der Waals surface area contributed by atoms with E-state index in [2.05, 4.69) is 111 Å². The van der Waals surface area contributed by atoms with E-state index in [-0.39, 0.29) is 5.41 Å². The van der Waals surface area contributed by atoms with Gasteiger partial charge in [-0.1, -0.05) is 108 Å². The van der Waals surface area contributed by atoms with Gasteiger partial charge in [0.15, 0.2) is 0 Å². The Hall–Kier alpha value is -3.12. The lowest BCUT2D eigenvalue weighted by atomic mass is 9.68. The van der Waals surface area contributed by atoms with Crippen LogP contribution in [0.15, 0.2) is 97.1 Å². The van der Waals surface area contributed by atoms with Crippen molar-refractivity contribution in [2.45, 2.75) is 25.7 Å². The molecule has 0 amide bonds. The van der Waals surface area contributed by atoms with Crippen molar-refractivity contribution >= 4 is 0 Å². The van der Waals surface area contributed by atoms with Crippen molar-refractivity contribution < 1.29 is 0 Å². The van der Waals surface area contributed by atoms with E-state index in [1.165, 1.54) is 44.5 Å².